The van der Waals surface area contributed by atoms with Gasteiger partial charge in [-0.15, -0.1) is 0 Å². The molecule has 1 fully saturated rings. The number of likely N-dealkylation sites (tertiary alicyclic amines) is 1. The maximum Gasteiger partial charge on any atom is 0.153 e. The van der Waals surface area contributed by atoms with Crippen molar-refractivity contribution in [3.63, 3.8) is 0 Å². The van der Waals surface area contributed by atoms with E-state index in [1.165, 1.54) is 19.3 Å². The summed E-state index contributed by atoms with van der Waals surface area (Å²) in [5, 5.41) is 0. The summed E-state index contributed by atoms with van der Waals surface area (Å²) in [6.45, 7) is 3.83. The number of carbonyl (C=O) groups excluding carboxylic acids is 1. The van der Waals surface area contributed by atoms with Crippen molar-refractivity contribution in [2.24, 2.45) is 0 Å². The number of piperidine rings is 1. The lowest BCUT2D eigenvalue weighted by Gasteiger charge is -2.26. The first-order valence-electron chi connectivity index (χ1n) is 6.82. The van der Waals surface area contributed by atoms with E-state index in [1.807, 2.05) is 0 Å². The number of nitrogens with zero attached hydrogens (tertiary/aromatic N) is 1. The number of rotatable bonds is 6. The van der Waals surface area contributed by atoms with E-state index in [2.05, 4.69) is 4.90 Å². The molecule has 0 atom stereocenters. The predicted molar refractivity (Wildman–Crippen MR) is 74.2 cm³/mol. The van der Waals surface area contributed by atoms with E-state index in [1.54, 1.807) is 25.3 Å². The minimum Gasteiger partial charge on any atom is -0.497 e. The van der Waals surface area contributed by atoms with Crippen molar-refractivity contribution in [2.45, 2.75) is 19.3 Å². The molecule has 1 saturated heterocycles. The highest BCUT2D eigenvalue weighted by Gasteiger charge is 2.10. The molecule has 0 aromatic heterocycles. The van der Waals surface area contributed by atoms with Crippen molar-refractivity contribution in [3.8, 4) is 11.5 Å². The van der Waals surface area contributed by atoms with Crippen molar-refractivity contribution < 1.29 is 14.3 Å². The first-order valence-corrected chi connectivity index (χ1v) is 6.82. The van der Waals surface area contributed by atoms with Gasteiger partial charge in [0.05, 0.1) is 12.7 Å². The molecule has 1 aliphatic rings. The molecule has 0 spiro atoms. The van der Waals surface area contributed by atoms with Crippen molar-refractivity contribution in [1.29, 1.82) is 0 Å². The largest absolute Gasteiger partial charge is 0.497 e. The zero-order valence-electron chi connectivity index (χ0n) is 11.4. The average molecular weight is 263 g/mol. The highest BCUT2D eigenvalue weighted by atomic mass is 16.5. The molecule has 0 N–H and O–H groups in total. The summed E-state index contributed by atoms with van der Waals surface area (Å²) in [6.07, 6.45) is 4.70. The van der Waals surface area contributed by atoms with Gasteiger partial charge in [-0.25, -0.2) is 0 Å². The van der Waals surface area contributed by atoms with Gasteiger partial charge in [0.15, 0.2) is 6.29 Å². The van der Waals surface area contributed by atoms with Gasteiger partial charge in [0.2, 0.25) is 0 Å². The van der Waals surface area contributed by atoms with Crippen LogP contribution in [0.1, 0.15) is 29.6 Å². The topological polar surface area (TPSA) is 38.8 Å². The molecular formula is C15H21NO3. The Bertz CT molecular complexity index is 414. The smallest absolute Gasteiger partial charge is 0.153 e. The van der Waals surface area contributed by atoms with Crippen LogP contribution in [-0.2, 0) is 0 Å². The molecule has 0 aliphatic carbocycles. The quantitative estimate of drug-likeness (QED) is 0.739. The van der Waals surface area contributed by atoms with Crippen LogP contribution in [0.2, 0.25) is 0 Å². The Morgan fingerprint density at radius 1 is 1.26 bits per heavy atom. The van der Waals surface area contributed by atoms with Gasteiger partial charge < -0.3 is 9.47 Å². The third-order valence-corrected chi connectivity index (χ3v) is 3.46. The van der Waals surface area contributed by atoms with Crippen LogP contribution < -0.4 is 9.47 Å². The molecule has 1 aliphatic heterocycles. The maximum absolute atomic E-state index is 11.0. The van der Waals surface area contributed by atoms with Crippen LogP contribution >= 0.6 is 0 Å². The number of aldehydes is 1. The van der Waals surface area contributed by atoms with E-state index in [9.17, 15) is 4.79 Å². The molecule has 1 aromatic carbocycles. The Kier molecular flexibility index (Phi) is 5.21. The SMILES string of the molecule is COc1ccc(C=O)c(OCCN2CCCCC2)c1. The van der Waals surface area contributed by atoms with E-state index in [0.29, 0.717) is 23.7 Å². The molecule has 2 rings (SSSR count). The molecule has 4 nitrogen and oxygen atoms in total. The van der Waals surface area contributed by atoms with Crippen LogP contribution in [0.15, 0.2) is 18.2 Å². The minimum atomic E-state index is 0.569. The fraction of sp³-hybridized carbons (Fsp3) is 0.533. The average Bonchev–Trinajstić information content (AvgIpc) is 2.48. The summed E-state index contributed by atoms with van der Waals surface area (Å²) in [5.74, 6) is 1.31. The molecule has 0 saturated carbocycles. The van der Waals surface area contributed by atoms with E-state index in [0.717, 1.165) is 25.9 Å². The summed E-state index contributed by atoms with van der Waals surface area (Å²) in [5.41, 5.74) is 0.569. The summed E-state index contributed by atoms with van der Waals surface area (Å²) >= 11 is 0. The van der Waals surface area contributed by atoms with Crippen molar-refractivity contribution in [1.82, 2.24) is 4.90 Å². The van der Waals surface area contributed by atoms with E-state index >= 15 is 0 Å². The Hall–Kier alpha value is -1.55. The van der Waals surface area contributed by atoms with Gasteiger partial charge in [0.1, 0.15) is 18.1 Å². The summed E-state index contributed by atoms with van der Waals surface area (Å²) in [4.78, 5) is 13.4. The molecule has 1 aromatic rings. The van der Waals surface area contributed by atoms with E-state index < -0.39 is 0 Å². The van der Waals surface area contributed by atoms with Crippen molar-refractivity contribution in [2.75, 3.05) is 33.4 Å². The fourth-order valence-electron chi connectivity index (χ4n) is 2.33. The van der Waals surface area contributed by atoms with Gasteiger partial charge in [-0.2, -0.15) is 0 Å². The second-order valence-electron chi connectivity index (χ2n) is 4.77. The number of hydrogen-bond donors (Lipinski definition) is 0. The van der Waals surface area contributed by atoms with Gasteiger partial charge in [-0.3, -0.25) is 9.69 Å². The van der Waals surface area contributed by atoms with E-state index in [-0.39, 0.29) is 0 Å². The Labute approximate surface area is 114 Å². The minimum absolute atomic E-state index is 0.569. The molecule has 104 valence electrons. The highest BCUT2D eigenvalue weighted by molar-refractivity contribution is 5.79. The lowest BCUT2D eigenvalue weighted by Crippen LogP contribution is -2.33. The van der Waals surface area contributed by atoms with Crippen LogP contribution in [0.5, 0.6) is 11.5 Å². The Morgan fingerprint density at radius 3 is 2.74 bits per heavy atom. The second-order valence-corrected chi connectivity index (χ2v) is 4.77. The molecule has 0 unspecified atom stereocenters. The van der Waals surface area contributed by atoms with Gasteiger partial charge >= 0.3 is 0 Å². The molecular weight excluding hydrogens is 242 g/mol. The van der Waals surface area contributed by atoms with Crippen LogP contribution in [0.4, 0.5) is 0 Å². The monoisotopic (exact) mass is 263 g/mol. The number of methoxy groups -OCH3 is 1. The van der Waals surface area contributed by atoms with E-state index in [4.69, 9.17) is 9.47 Å². The standard InChI is InChI=1S/C15H21NO3/c1-18-14-6-5-13(12-17)15(11-14)19-10-9-16-7-3-2-4-8-16/h5-6,11-12H,2-4,7-10H2,1H3. The number of ether oxygens (including phenoxy) is 2. The van der Waals surface area contributed by atoms with Crippen LogP contribution in [0.25, 0.3) is 0 Å². The van der Waals surface area contributed by atoms with Crippen molar-refractivity contribution in [3.05, 3.63) is 23.8 Å². The first-order chi connectivity index (χ1) is 9.33. The lowest BCUT2D eigenvalue weighted by molar-refractivity contribution is 0.111. The molecule has 0 bridgehead atoms. The number of carbonyl (C=O) groups is 1. The zero-order chi connectivity index (χ0) is 13.5. The summed E-state index contributed by atoms with van der Waals surface area (Å²) in [6, 6.07) is 5.25. The molecule has 1 heterocycles. The van der Waals surface area contributed by atoms with Crippen LogP contribution in [0.3, 0.4) is 0 Å². The summed E-state index contributed by atoms with van der Waals surface area (Å²) < 4.78 is 10.9. The number of benzene rings is 1. The Balaban J connectivity index is 1.88. The molecule has 4 heteroatoms. The van der Waals surface area contributed by atoms with Gasteiger partial charge in [-0.05, 0) is 38.1 Å². The van der Waals surface area contributed by atoms with Crippen LogP contribution in [-0.4, -0.2) is 44.5 Å². The van der Waals surface area contributed by atoms with Gasteiger partial charge in [-0.1, -0.05) is 6.42 Å². The lowest BCUT2D eigenvalue weighted by atomic mass is 10.1. The first kappa shape index (κ1) is 13.9. The predicted octanol–water partition coefficient (Wildman–Crippen LogP) is 2.37. The van der Waals surface area contributed by atoms with Crippen LogP contribution in [0, 0.1) is 0 Å². The third-order valence-electron chi connectivity index (χ3n) is 3.46. The van der Waals surface area contributed by atoms with Crippen molar-refractivity contribution >= 4 is 6.29 Å². The second kappa shape index (κ2) is 7.14. The fourth-order valence-corrected chi connectivity index (χ4v) is 2.33. The normalized spacial score (nSPS) is 16.1. The maximum atomic E-state index is 11.0. The molecule has 19 heavy (non-hydrogen) atoms. The summed E-state index contributed by atoms with van der Waals surface area (Å²) in [7, 11) is 1.60. The van der Waals surface area contributed by atoms with Gasteiger partial charge in [0.25, 0.3) is 0 Å². The van der Waals surface area contributed by atoms with Gasteiger partial charge in [0, 0.05) is 12.6 Å². The molecule has 0 amide bonds. The highest BCUT2D eigenvalue weighted by Crippen LogP contribution is 2.23. The molecule has 0 radical (unpaired) electrons. The number of hydrogen-bond acceptors (Lipinski definition) is 4. The Morgan fingerprint density at radius 2 is 2.05 bits per heavy atom. The third kappa shape index (κ3) is 3.96. The zero-order valence-corrected chi connectivity index (χ0v) is 11.4.